The number of phenols is 1. The molecule has 2 amide bonds. The molecule has 3 aromatic carbocycles. The van der Waals surface area contributed by atoms with Crippen LogP contribution in [0.3, 0.4) is 0 Å². The Morgan fingerprint density at radius 2 is 1.67 bits per heavy atom. The third kappa shape index (κ3) is 4.20. The molecule has 1 aliphatic rings. The highest BCUT2D eigenvalue weighted by molar-refractivity contribution is 5.99. The second-order valence-corrected chi connectivity index (χ2v) is 7.69. The zero-order valence-electron chi connectivity index (χ0n) is 16.6. The van der Waals surface area contributed by atoms with Crippen LogP contribution >= 0.6 is 0 Å². The number of rotatable bonds is 7. The van der Waals surface area contributed by atoms with E-state index in [1.165, 1.54) is 29.4 Å². The maximum atomic E-state index is 13.5. The number of nitrogens with zero attached hydrogens (tertiary/aromatic N) is 1. The van der Waals surface area contributed by atoms with Crippen molar-refractivity contribution in [2.45, 2.75) is 31.3 Å². The van der Waals surface area contributed by atoms with Gasteiger partial charge in [-0.1, -0.05) is 66.7 Å². The lowest BCUT2D eigenvalue weighted by molar-refractivity contribution is -0.122. The molecule has 0 bridgehead atoms. The molecule has 0 spiro atoms. The molecular weight excluding hydrogens is 376 g/mol. The number of phenolic OH excluding ortho intramolecular Hbond substituents is 1. The summed E-state index contributed by atoms with van der Waals surface area (Å²) in [6.45, 7) is 0.205. The summed E-state index contributed by atoms with van der Waals surface area (Å²) in [6, 6.07) is 22.5. The van der Waals surface area contributed by atoms with Gasteiger partial charge in [0.05, 0.1) is 5.56 Å². The van der Waals surface area contributed by atoms with Crippen molar-refractivity contribution in [3.63, 3.8) is 0 Å². The number of aromatic hydroxyl groups is 1. The zero-order chi connectivity index (χ0) is 21.1. The van der Waals surface area contributed by atoms with Gasteiger partial charge in [0.2, 0.25) is 5.91 Å². The third-order valence-corrected chi connectivity index (χ3v) is 5.44. The molecule has 4 rings (SSSR count). The van der Waals surface area contributed by atoms with E-state index < -0.39 is 17.9 Å². The van der Waals surface area contributed by atoms with Crippen LogP contribution in [0.25, 0.3) is 0 Å². The average molecular weight is 400 g/mol. The highest BCUT2D eigenvalue weighted by atomic mass is 16.3. The first-order valence-corrected chi connectivity index (χ1v) is 10.1. The quantitative estimate of drug-likeness (QED) is 0.625. The number of hydrogen-bond acceptors (Lipinski definition) is 3. The van der Waals surface area contributed by atoms with Crippen LogP contribution < -0.4 is 5.73 Å². The Bertz CT molecular complexity index is 1060. The van der Waals surface area contributed by atoms with Gasteiger partial charge in [-0.25, -0.2) is 0 Å². The van der Waals surface area contributed by atoms with Crippen molar-refractivity contribution in [3.05, 3.63) is 101 Å². The van der Waals surface area contributed by atoms with E-state index >= 15 is 0 Å². The maximum absolute atomic E-state index is 13.5. The Morgan fingerprint density at radius 1 is 0.967 bits per heavy atom. The first kappa shape index (κ1) is 19.7. The molecule has 3 aromatic rings. The molecule has 0 aliphatic heterocycles. The van der Waals surface area contributed by atoms with Crippen molar-refractivity contribution < 1.29 is 14.7 Å². The fourth-order valence-electron chi connectivity index (χ4n) is 3.78. The van der Waals surface area contributed by atoms with E-state index in [-0.39, 0.29) is 17.9 Å². The summed E-state index contributed by atoms with van der Waals surface area (Å²) in [4.78, 5) is 27.4. The minimum absolute atomic E-state index is 0.129. The normalized spacial score (nSPS) is 14.1. The predicted molar refractivity (Wildman–Crippen MR) is 115 cm³/mol. The summed E-state index contributed by atoms with van der Waals surface area (Å²) in [7, 11) is 0. The van der Waals surface area contributed by atoms with Crippen LogP contribution in [0.5, 0.6) is 5.75 Å². The second kappa shape index (κ2) is 8.41. The fraction of sp³-hybridized carbons (Fsp3) is 0.200. The van der Waals surface area contributed by atoms with E-state index in [4.69, 9.17) is 5.73 Å². The molecule has 30 heavy (non-hydrogen) atoms. The number of carbonyl (C=O) groups excluding carboxylic acids is 2. The Balaban J connectivity index is 1.75. The molecule has 1 saturated carbocycles. The standard InChI is InChI=1S/C25H24N2O3/c26-24(29)23(19-8-2-1-3-9-19)27(25(30)21-11-4-5-12-22(21)28)16-17-7-6-10-20(15-17)18-13-14-18/h1-12,15,18,23,28H,13-14,16H2,(H2,26,29)/t23-/m1/s1. The van der Waals surface area contributed by atoms with Gasteiger partial charge in [-0.3, -0.25) is 9.59 Å². The molecule has 152 valence electrons. The van der Waals surface area contributed by atoms with Gasteiger partial charge in [-0.05, 0) is 47.6 Å². The average Bonchev–Trinajstić information content (AvgIpc) is 3.59. The number of primary amides is 1. The molecule has 3 N–H and O–H groups in total. The summed E-state index contributed by atoms with van der Waals surface area (Å²) in [6.07, 6.45) is 2.36. The van der Waals surface area contributed by atoms with Gasteiger partial charge in [-0.15, -0.1) is 0 Å². The number of para-hydroxylation sites is 1. The predicted octanol–water partition coefficient (Wildman–Crippen LogP) is 4.14. The maximum Gasteiger partial charge on any atom is 0.258 e. The molecule has 5 heteroatoms. The Hall–Kier alpha value is -3.60. The van der Waals surface area contributed by atoms with Crippen LogP contribution in [0.1, 0.15) is 51.8 Å². The van der Waals surface area contributed by atoms with Crippen molar-refractivity contribution in [3.8, 4) is 5.75 Å². The summed E-state index contributed by atoms with van der Waals surface area (Å²) in [5, 5.41) is 10.2. The molecule has 5 nitrogen and oxygen atoms in total. The molecule has 0 saturated heterocycles. The molecule has 1 fully saturated rings. The van der Waals surface area contributed by atoms with Gasteiger partial charge < -0.3 is 15.7 Å². The van der Waals surface area contributed by atoms with Crippen LogP contribution in [0.15, 0.2) is 78.9 Å². The summed E-state index contributed by atoms with van der Waals surface area (Å²) >= 11 is 0. The van der Waals surface area contributed by atoms with E-state index in [2.05, 4.69) is 12.1 Å². The van der Waals surface area contributed by atoms with Crippen LogP contribution in [0.4, 0.5) is 0 Å². The minimum atomic E-state index is -0.956. The van der Waals surface area contributed by atoms with Gasteiger partial charge >= 0.3 is 0 Å². The molecule has 0 heterocycles. The van der Waals surface area contributed by atoms with Gasteiger partial charge in [-0.2, -0.15) is 0 Å². The van der Waals surface area contributed by atoms with Crippen molar-refractivity contribution in [2.75, 3.05) is 0 Å². The SMILES string of the molecule is NC(=O)[C@@H](c1ccccc1)N(Cc1cccc(C2CC2)c1)C(=O)c1ccccc1O. The molecule has 1 aliphatic carbocycles. The van der Waals surface area contributed by atoms with Crippen LogP contribution in [-0.2, 0) is 11.3 Å². The minimum Gasteiger partial charge on any atom is -0.507 e. The van der Waals surface area contributed by atoms with E-state index in [0.717, 1.165) is 5.56 Å². The fourth-order valence-corrected chi connectivity index (χ4v) is 3.78. The smallest absolute Gasteiger partial charge is 0.258 e. The molecule has 0 unspecified atom stereocenters. The molecule has 1 atom stereocenters. The van der Waals surface area contributed by atoms with E-state index in [1.54, 1.807) is 30.3 Å². The monoisotopic (exact) mass is 400 g/mol. The first-order chi connectivity index (χ1) is 14.5. The number of nitrogens with two attached hydrogens (primary N) is 1. The third-order valence-electron chi connectivity index (χ3n) is 5.44. The van der Waals surface area contributed by atoms with Crippen molar-refractivity contribution in [1.82, 2.24) is 4.90 Å². The Labute approximate surface area is 175 Å². The zero-order valence-corrected chi connectivity index (χ0v) is 16.6. The highest BCUT2D eigenvalue weighted by Gasteiger charge is 2.32. The van der Waals surface area contributed by atoms with Crippen molar-refractivity contribution in [1.29, 1.82) is 0 Å². The van der Waals surface area contributed by atoms with Crippen molar-refractivity contribution >= 4 is 11.8 Å². The molecule has 0 radical (unpaired) electrons. The van der Waals surface area contributed by atoms with Crippen LogP contribution in [0, 0.1) is 0 Å². The number of benzene rings is 3. The van der Waals surface area contributed by atoms with Crippen molar-refractivity contribution in [2.24, 2.45) is 5.73 Å². The topological polar surface area (TPSA) is 83.6 Å². The van der Waals surface area contributed by atoms with E-state index in [1.807, 2.05) is 30.3 Å². The Morgan fingerprint density at radius 3 is 2.33 bits per heavy atom. The van der Waals surface area contributed by atoms with Gasteiger partial charge in [0, 0.05) is 6.54 Å². The number of hydrogen-bond donors (Lipinski definition) is 2. The van der Waals surface area contributed by atoms with Gasteiger partial charge in [0.1, 0.15) is 11.8 Å². The highest BCUT2D eigenvalue weighted by Crippen LogP contribution is 2.40. The lowest BCUT2D eigenvalue weighted by Gasteiger charge is -2.30. The van der Waals surface area contributed by atoms with E-state index in [0.29, 0.717) is 11.5 Å². The number of amides is 2. The summed E-state index contributed by atoms with van der Waals surface area (Å²) in [5.74, 6) is -0.621. The van der Waals surface area contributed by atoms with Crippen LogP contribution in [-0.4, -0.2) is 21.8 Å². The molecule has 0 aromatic heterocycles. The summed E-state index contributed by atoms with van der Waals surface area (Å²) < 4.78 is 0. The Kier molecular flexibility index (Phi) is 5.53. The van der Waals surface area contributed by atoms with E-state index in [9.17, 15) is 14.7 Å². The lowest BCUT2D eigenvalue weighted by Crippen LogP contribution is -2.41. The van der Waals surface area contributed by atoms with Gasteiger partial charge in [0.15, 0.2) is 0 Å². The van der Waals surface area contributed by atoms with Crippen LogP contribution in [0.2, 0.25) is 0 Å². The first-order valence-electron chi connectivity index (χ1n) is 10.1. The second-order valence-electron chi connectivity index (χ2n) is 7.69. The molecular formula is C25H24N2O3. The summed E-state index contributed by atoms with van der Waals surface area (Å²) in [5.41, 5.74) is 8.71. The largest absolute Gasteiger partial charge is 0.507 e. The lowest BCUT2D eigenvalue weighted by atomic mass is 10.0. The number of carbonyl (C=O) groups is 2. The van der Waals surface area contributed by atoms with Gasteiger partial charge in [0.25, 0.3) is 5.91 Å².